The molecule has 7 heteroatoms. The van der Waals surface area contributed by atoms with Gasteiger partial charge in [-0.15, -0.1) is 0 Å². The average molecular weight is 438 g/mol. The van der Waals surface area contributed by atoms with Gasteiger partial charge in [0.05, 0.1) is 5.92 Å². The molecule has 5 rings (SSSR count). The summed E-state index contributed by atoms with van der Waals surface area (Å²) in [6, 6.07) is 24.5. The van der Waals surface area contributed by atoms with E-state index in [1.165, 1.54) is 0 Å². The van der Waals surface area contributed by atoms with Crippen molar-refractivity contribution in [1.29, 1.82) is 0 Å². The zero-order valence-corrected chi connectivity index (χ0v) is 18.1. The molecule has 7 nitrogen and oxygen atoms in total. The molecule has 0 aliphatic carbocycles. The van der Waals surface area contributed by atoms with E-state index in [1.807, 2.05) is 73.7 Å². The highest BCUT2D eigenvalue weighted by molar-refractivity contribution is 6.03. The molecule has 33 heavy (non-hydrogen) atoms. The van der Waals surface area contributed by atoms with Crippen molar-refractivity contribution in [2.75, 3.05) is 16.8 Å². The second-order valence-corrected chi connectivity index (χ2v) is 8.10. The quantitative estimate of drug-likeness (QED) is 0.488. The smallest absolute Gasteiger partial charge is 0.258 e. The van der Waals surface area contributed by atoms with Gasteiger partial charge in [-0.25, -0.2) is 0 Å². The molecule has 1 fully saturated rings. The van der Waals surface area contributed by atoms with Gasteiger partial charge in [-0.05, 0) is 43.3 Å². The third kappa shape index (κ3) is 4.39. The molecule has 1 saturated heterocycles. The van der Waals surface area contributed by atoms with Gasteiger partial charge in [0.2, 0.25) is 17.6 Å². The van der Waals surface area contributed by atoms with Gasteiger partial charge in [0, 0.05) is 35.5 Å². The lowest BCUT2D eigenvalue weighted by atomic mass is 10.1. The molecule has 1 N–H and O–H groups in total. The number of amides is 2. The first kappa shape index (κ1) is 20.6. The van der Waals surface area contributed by atoms with Crippen LogP contribution in [0.25, 0.3) is 22.8 Å². The van der Waals surface area contributed by atoms with Crippen LogP contribution in [0.1, 0.15) is 12.0 Å². The second kappa shape index (κ2) is 8.70. The third-order valence-electron chi connectivity index (χ3n) is 5.70. The Kier molecular flexibility index (Phi) is 5.44. The molecule has 164 valence electrons. The van der Waals surface area contributed by atoms with Crippen molar-refractivity contribution in [1.82, 2.24) is 10.1 Å². The van der Waals surface area contributed by atoms with E-state index >= 15 is 0 Å². The number of aromatic nitrogens is 2. The number of rotatable bonds is 5. The summed E-state index contributed by atoms with van der Waals surface area (Å²) in [6.45, 7) is 2.37. The number of nitrogens with one attached hydrogen (secondary N) is 1. The van der Waals surface area contributed by atoms with Crippen LogP contribution in [0.2, 0.25) is 0 Å². The lowest BCUT2D eigenvalue weighted by Crippen LogP contribution is -2.28. The SMILES string of the molecule is Cc1ccc(N2C[C@@H](C(=O)Nc3ccc(-c4nc(-c5ccccc5)no4)cc3)CC2=O)cc1. The molecule has 0 radical (unpaired) electrons. The summed E-state index contributed by atoms with van der Waals surface area (Å²) in [5.74, 6) is 0.312. The average Bonchev–Trinajstić information content (AvgIpc) is 3.48. The van der Waals surface area contributed by atoms with Gasteiger partial charge in [0.25, 0.3) is 5.89 Å². The zero-order valence-electron chi connectivity index (χ0n) is 18.1. The normalized spacial score (nSPS) is 15.6. The number of aryl methyl sites for hydroxylation is 1. The minimum atomic E-state index is -0.400. The highest BCUT2D eigenvalue weighted by atomic mass is 16.5. The number of hydrogen-bond acceptors (Lipinski definition) is 5. The van der Waals surface area contributed by atoms with Crippen molar-refractivity contribution in [2.45, 2.75) is 13.3 Å². The lowest BCUT2D eigenvalue weighted by Gasteiger charge is -2.17. The Balaban J connectivity index is 1.23. The summed E-state index contributed by atoms with van der Waals surface area (Å²) < 4.78 is 5.39. The minimum Gasteiger partial charge on any atom is -0.334 e. The first-order chi connectivity index (χ1) is 16.1. The Morgan fingerprint density at radius 1 is 0.970 bits per heavy atom. The van der Waals surface area contributed by atoms with E-state index in [1.54, 1.807) is 17.0 Å². The van der Waals surface area contributed by atoms with E-state index in [0.717, 1.165) is 22.4 Å². The Hall–Kier alpha value is -4.26. The Labute approximate surface area is 191 Å². The van der Waals surface area contributed by atoms with Crippen molar-refractivity contribution in [3.8, 4) is 22.8 Å². The van der Waals surface area contributed by atoms with Gasteiger partial charge in [-0.2, -0.15) is 4.98 Å². The van der Waals surface area contributed by atoms with Crippen LogP contribution in [0.5, 0.6) is 0 Å². The predicted octanol–water partition coefficient (Wildman–Crippen LogP) is 4.70. The van der Waals surface area contributed by atoms with Crippen molar-refractivity contribution in [3.63, 3.8) is 0 Å². The zero-order chi connectivity index (χ0) is 22.8. The molecule has 3 aromatic carbocycles. The first-order valence-electron chi connectivity index (χ1n) is 10.7. The molecular formula is C26H22N4O3. The Morgan fingerprint density at radius 2 is 1.70 bits per heavy atom. The summed E-state index contributed by atoms with van der Waals surface area (Å²) in [6.07, 6.45) is 0.196. The number of carbonyl (C=O) groups is 2. The molecular weight excluding hydrogens is 416 g/mol. The highest BCUT2D eigenvalue weighted by Crippen LogP contribution is 2.27. The van der Waals surface area contributed by atoms with Crippen LogP contribution < -0.4 is 10.2 Å². The monoisotopic (exact) mass is 438 g/mol. The van der Waals surface area contributed by atoms with Crippen LogP contribution in [0.15, 0.2) is 83.4 Å². The van der Waals surface area contributed by atoms with Gasteiger partial charge in [-0.1, -0.05) is 53.2 Å². The van der Waals surface area contributed by atoms with E-state index in [2.05, 4.69) is 15.5 Å². The van der Waals surface area contributed by atoms with Gasteiger partial charge >= 0.3 is 0 Å². The molecule has 1 atom stereocenters. The second-order valence-electron chi connectivity index (χ2n) is 8.10. The van der Waals surface area contributed by atoms with Crippen molar-refractivity contribution in [3.05, 3.63) is 84.4 Å². The Morgan fingerprint density at radius 3 is 2.42 bits per heavy atom. The third-order valence-corrected chi connectivity index (χ3v) is 5.70. The summed E-state index contributed by atoms with van der Waals surface area (Å²) in [4.78, 5) is 31.4. The molecule has 2 heterocycles. The van der Waals surface area contributed by atoms with E-state index in [9.17, 15) is 9.59 Å². The summed E-state index contributed by atoms with van der Waals surface area (Å²) in [7, 11) is 0. The van der Waals surface area contributed by atoms with Gasteiger partial charge in [0.1, 0.15) is 0 Å². The van der Waals surface area contributed by atoms with Crippen LogP contribution in [-0.2, 0) is 9.59 Å². The summed E-state index contributed by atoms with van der Waals surface area (Å²) in [5, 5.41) is 6.95. The van der Waals surface area contributed by atoms with Gasteiger partial charge in [0.15, 0.2) is 0 Å². The maximum atomic E-state index is 12.8. The summed E-state index contributed by atoms with van der Waals surface area (Å²) >= 11 is 0. The van der Waals surface area contributed by atoms with Gasteiger partial charge in [-0.3, -0.25) is 9.59 Å². The van der Waals surface area contributed by atoms with Gasteiger partial charge < -0.3 is 14.7 Å². The van der Waals surface area contributed by atoms with E-state index in [0.29, 0.717) is 23.9 Å². The number of carbonyl (C=O) groups excluding carboxylic acids is 2. The molecule has 2 amide bonds. The molecule has 0 bridgehead atoms. The lowest BCUT2D eigenvalue weighted by molar-refractivity contribution is -0.122. The molecule has 0 saturated carbocycles. The van der Waals surface area contributed by atoms with E-state index < -0.39 is 5.92 Å². The highest BCUT2D eigenvalue weighted by Gasteiger charge is 2.35. The maximum Gasteiger partial charge on any atom is 0.258 e. The predicted molar refractivity (Wildman–Crippen MR) is 125 cm³/mol. The molecule has 0 spiro atoms. The minimum absolute atomic E-state index is 0.0417. The molecule has 4 aromatic rings. The number of hydrogen-bond donors (Lipinski definition) is 1. The fourth-order valence-electron chi connectivity index (χ4n) is 3.84. The van der Waals surface area contributed by atoms with Crippen LogP contribution in [0.3, 0.4) is 0 Å². The van der Waals surface area contributed by atoms with Crippen LogP contribution in [0.4, 0.5) is 11.4 Å². The largest absolute Gasteiger partial charge is 0.334 e. The molecule has 1 aliphatic heterocycles. The van der Waals surface area contributed by atoms with Crippen molar-refractivity contribution in [2.24, 2.45) is 5.92 Å². The van der Waals surface area contributed by atoms with Crippen molar-refractivity contribution >= 4 is 23.2 Å². The van der Waals surface area contributed by atoms with E-state index in [-0.39, 0.29) is 18.2 Å². The summed E-state index contributed by atoms with van der Waals surface area (Å²) in [5.41, 5.74) is 4.22. The first-order valence-corrected chi connectivity index (χ1v) is 10.7. The fourth-order valence-corrected chi connectivity index (χ4v) is 3.84. The molecule has 0 unspecified atom stereocenters. The number of benzene rings is 3. The number of nitrogens with zero attached hydrogens (tertiary/aromatic N) is 3. The van der Waals surface area contributed by atoms with Crippen molar-refractivity contribution < 1.29 is 14.1 Å². The maximum absolute atomic E-state index is 12.8. The molecule has 1 aliphatic rings. The van der Waals surface area contributed by atoms with E-state index in [4.69, 9.17) is 4.52 Å². The molecule has 1 aromatic heterocycles. The van der Waals surface area contributed by atoms with Crippen LogP contribution in [-0.4, -0.2) is 28.5 Å². The number of anilines is 2. The topological polar surface area (TPSA) is 88.3 Å². The van der Waals surface area contributed by atoms with Crippen LogP contribution in [0, 0.1) is 12.8 Å². The standard InChI is InChI=1S/C26H22N4O3/c1-17-7-13-22(14-8-17)30-16-20(15-23(30)31)25(32)27-21-11-9-19(10-12-21)26-28-24(29-33-26)18-5-3-2-4-6-18/h2-14,20H,15-16H2,1H3,(H,27,32)/t20-/m0/s1. The Bertz CT molecular complexity index is 1280. The van der Waals surface area contributed by atoms with Crippen LogP contribution >= 0.6 is 0 Å². The fraction of sp³-hybridized carbons (Fsp3) is 0.154.